The highest BCUT2D eigenvalue weighted by atomic mass is 32.2. The van der Waals surface area contributed by atoms with Gasteiger partial charge < -0.3 is 11.1 Å². The van der Waals surface area contributed by atoms with E-state index in [9.17, 15) is 8.42 Å². The molecule has 0 spiro atoms. The SMILES string of the molecule is CNC1(CN)CCS(=O)(=O)C1. The summed E-state index contributed by atoms with van der Waals surface area (Å²) in [6.45, 7) is 0.392. The Labute approximate surface area is 67.1 Å². The van der Waals surface area contributed by atoms with E-state index in [4.69, 9.17) is 5.73 Å². The van der Waals surface area contributed by atoms with E-state index >= 15 is 0 Å². The summed E-state index contributed by atoms with van der Waals surface area (Å²) in [7, 11) is -1.06. The maximum Gasteiger partial charge on any atom is 0.152 e. The zero-order chi connectivity index (χ0) is 8.54. The third-order valence-corrected chi connectivity index (χ3v) is 4.13. The van der Waals surface area contributed by atoms with E-state index in [0.717, 1.165) is 0 Å². The largest absolute Gasteiger partial charge is 0.329 e. The van der Waals surface area contributed by atoms with Gasteiger partial charge in [0.2, 0.25) is 0 Å². The van der Waals surface area contributed by atoms with Crippen molar-refractivity contribution in [3.63, 3.8) is 0 Å². The van der Waals surface area contributed by atoms with Gasteiger partial charge in [-0.25, -0.2) is 8.42 Å². The third-order valence-electron chi connectivity index (χ3n) is 2.31. The van der Waals surface area contributed by atoms with Crippen LogP contribution in [-0.2, 0) is 9.84 Å². The first-order valence-electron chi connectivity index (χ1n) is 3.63. The minimum absolute atomic E-state index is 0.188. The molecule has 1 saturated heterocycles. The second kappa shape index (κ2) is 2.73. The molecule has 0 aromatic rings. The second-order valence-corrected chi connectivity index (χ2v) is 5.26. The number of nitrogens with two attached hydrogens (primary N) is 1. The Morgan fingerprint density at radius 2 is 2.27 bits per heavy atom. The fraction of sp³-hybridized carbons (Fsp3) is 1.00. The molecule has 1 rings (SSSR count). The third kappa shape index (κ3) is 1.72. The Morgan fingerprint density at radius 1 is 1.64 bits per heavy atom. The molecule has 11 heavy (non-hydrogen) atoms. The van der Waals surface area contributed by atoms with Gasteiger partial charge in [0.1, 0.15) is 0 Å². The van der Waals surface area contributed by atoms with Gasteiger partial charge in [-0.2, -0.15) is 0 Å². The van der Waals surface area contributed by atoms with Crippen LogP contribution in [0.2, 0.25) is 0 Å². The van der Waals surface area contributed by atoms with Gasteiger partial charge in [0.15, 0.2) is 9.84 Å². The average Bonchev–Trinajstić information content (AvgIpc) is 2.28. The highest BCUT2D eigenvalue weighted by Crippen LogP contribution is 2.21. The summed E-state index contributed by atoms with van der Waals surface area (Å²) in [6.07, 6.45) is 0.641. The Balaban J connectivity index is 2.78. The molecule has 1 aliphatic rings. The number of likely N-dealkylation sites (N-methyl/N-ethyl adjacent to an activating group) is 1. The van der Waals surface area contributed by atoms with Gasteiger partial charge in [-0.3, -0.25) is 0 Å². The van der Waals surface area contributed by atoms with Crippen molar-refractivity contribution in [2.45, 2.75) is 12.0 Å². The van der Waals surface area contributed by atoms with Crippen molar-refractivity contribution in [3.05, 3.63) is 0 Å². The van der Waals surface area contributed by atoms with Gasteiger partial charge in [-0.05, 0) is 13.5 Å². The van der Waals surface area contributed by atoms with Crippen molar-refractivity contribution in [2.75, 3.05) is 25.1 Å². The van der Waals surface area contributed by atoms with E-state index in [2.05, 4.69) is 5.32 Å². The molecule has 3 N–H and O–H groups in total. The first kappa shape index (κ1) is 8.96. The first-order chi connectivity index (χ1) is 5.04. The smallest absolute Gasteiger partial charge is 0.152 e. The molecule has 0 amide bonds. The van der Waals surface area contributed by atoms with Crippen molar-refractivity contribution in [1.82, 2.24) is 5.32 Å². The molecule has 1 heterocycles. The van der Waals surface area contributed by atoms with Gasteiger partial charge in [0, 0.05) is 12.1 Å². The number of sulfone groups is 1. The molecule has 1 atom stereocenters. The van der Waals surface area contributed by atoms with Gasteiger partial charge in [0.25, 0.3) is 0 Å². The highest BCUT2D eigenvalue weighted by molar-refractivity contribution is 7.91. The lowest BCUT2D eigenvalue weighted by molar-refractivity contribution is 0.405. The van der Waals surface area contributed by atoms with Crippen molar-refractivity contribution in [3.8, 4) is 0 Å². The maximum atomic E-state index is 11.1. The van der Waals surface area contributed by atoms with E-state index < -0.39 is 9.84 Å². The van der Waals surface area contributed by atoms with Crippen LogP contribution in [0.25, 0.3) is 0 Å². The fourth-order valence-electron chi connectivity index (χ4n) is 1.38. The van der Waals surface area contributed by atoms with E-state index in [-0.39, 0.29) is 17.0 Å². The molecule has 0 aromatic heterocycles. The molecule has 4 nitrogen and oxygen atoms in total. The zero-order valence-electron chi connectivity index (χ0n) is 6.63. The summed E-state index contributed by atoms with van der Waals surface area (Å²) < 4.78 is 22.1. The molecular weight excluding hydrogens is 164 g/mol. The predicted octanol–water partition coefficient (Wildman–Crippen LogP) is -1.28. The minimum atomic E-state index is -2.82. The molecular formula is C6H14N2O2S. The van der Waals surface area contributed by atoms with Crippen LogP contribution in [-0.4, -0.2) is 39.1 Å². The lowest BCUT2D eigenvalue weighted by Crippen LogP contribution is -2.50. The van der Waals surface area contributed by atoms with Crippen molar-refractivity contribution < 1.29 is 8.42 Å². The molecule has 5 heteroatoms. The van der Waals surface area contributed by atoms with Crippen LogP contribution >= 0.6 is 0 Å². The summed E-state index contributed by atoms with van der Waals surface area (Å²) in [5.74, 6) is 0.456. The number of hydrogen-bond donors (Lipinski definition) is 2. The van der Waals surface area contributed by atoms with Crippen LogP contribution in [0, 0.1) is 0 Å². The highest BCUT2D eigenvalue weighted by Gasteiger charge is 2.39. The topological polar surface area (TPSA) is 72.2 Å². The van der Waals surface area contributed by atoms with Crippen LogP contribution < -0.4 is 11.1 Å². The summed E-state index contributed by atoms with van der Waals surface area (Å²) in [4.78, 5) is 0. The lowest BCUT2D eigenvalue weighted by atomic mass is 10.0. The normalized spacial score (nSPS) is 35.8. The average molecular weight is 178 g/mol. The van der Waals surface area contributed by atoms with Gasteiger partial charge in [-0.15, -0.1) is 0 Å². The molecule has 1 fully saturated rings. The van der Waals surface area contributed by atoms with Crippen LogP contribution in [0.4, 0.5) is 0 Å². The first-order valence-corrected chi connectivity index (χ1v) is 5.45. The fourth-order valence-corrected chi connectivity index (χ4v) is 3.47. The van der Waals surface area contributed by atoms with Gasteiger partial charge in [-0.1, -0.05) is 0 Å². The number of nitrogens with one attached hydrogen (secondary N) is 1. The Hall–Kier alpha value is -0.130. The minimum Gasteiger partial charge on any atom is -0.329 e. The van der Waals surface area contributed by atoms with E-state index in [0.29, 0.717) is 13.0 Å². The van der Waals surface area contributed by atoms with Gasteiger partial charge in [0.05, 0.1) is 11.5 Å². The summed E-state index contributed by atoms with van der Waals surface area (Å²) in [6, 6.07) is 0. The molecule has 1 aliphatic heterocycles. The standard InChI is InChI=1S/C6H14N2O2S/c1-8-6(4-7)2-3-11(9,10)5-6/h8H,2-5,7H2,1H3. The maximum absolute atomic E-state index is 11.1. The number of hydrogen-bond acceptors (Lipinski definition) is 4. The van der Waals surface area contributed by atoms with E-state index in [1.54, 1.807) is 7.05 Å². The second-order valence-electron chi connectivity index (χ2n) is 3.08. The predicted molar refractivity (Wildman–Crippen MR) is 44.1 cm³/mol. The summed E-state index contributed by atoms with van der Waals surface area (Å²) >= 11 is 0. The Kier molecular flexibility index (Phi) is 2.22. The molecule has 0 bridgehead atoms. The Morgan fingerprint density at radius 3 is 2.45 bits per heavy atom. The molecule has 0 radical (unpaired) electrons. The molecule has 0 aromatic carbocycles. The van der Waals surface area contributed by atoms with E-state index in [1.165, 1.54) is 0 Å². The van der Waals surface area contributed by atoms with E-state index in [1.807, 2.05) is 0 Å². The monoisotopic (exact) mass is 178 g/mol. The van der Waals surface area contributed by atoms with Gasteiger partial charge >= 0.3 is 0 Å². The zero-order valence-corrected chi connectivity index (χ0v) is 7.45. The van der Waals surface area contributed by atoms with Crippen LogP contribution in [0.5, 0.6) is 0 Å². The Bertz CT molecular complexity index is 231. The molecule has 0 saturated carbocycles. The van der Waals surface area contributed by atoms with Crippen molar-refractivity contribution in [2.24, 2.45) is 5.73 Å². The van der Waals surface area contributed by atoms with Crippen LogP contribution in [0.1, 0.15) is 6.42 Å². The summed E-state index contributed by atoms with van der Waals surface area (Å²) in [5.41, 5.74) is 5.13. The van der Waals surface area contributed by atoms with Crippen LogP contribution in [0.15, 0.2) is 0 Å². The molecule has 66 valence electrons. The quantitative estimate of drug-likeness (QED) is 0.552. The molecule has 0 aliphatic carbocycles. The van der Waals surface area contributed by atoms with Crippen molar-refractivity contribution in [1.29, 1.82) is 0 Å². The summed E-state index contributed by atoms with van der Waals surface area (Å²) in [5, 5.41) is 2.98. The van der Waals surface area contributed by atoms with Crippen molar-refractivity contribution >= 4 is 9.84 Å². The molecule has 1 unspecified atom stereocenters. The van der Waals surface area contributed by atoms with Crippen LogP contribution in [0.3, 0.4) is 0 Å². The lowest BCUT2D eigenvalue weighted by Gasteiger charge is -2.24. The number of rotatable bonds is 2.